The second kappa shape index (κ2) is 6.04. The number of likely N-dealkylation sites (tertiary alicyclic amines) is 1. The fourth-order valence-corrected chi connectivity index (χ4v) is 2.59. The zero-order chi connectivity index (χ0) is 13.0. The minimum absolute atomic E-state index is 0.0185. The fourth-order valence-electron chi connectivity index (χ4n) is 2.59. The van der Waals surface area contributed by atoms with Gasteiger partial charge in [-0.1, -0.05) is 6.42 Å². The summed E-state index contributed by atoms with van der Waals surface area (Å²) < 4.78 is 4.56. The van der Waals surface area contributed by atoms with E-state index in [4.69, 9.17) is 0 Å². The van der Waals surface area contributed by atoms with Crippen LogP contribution >= 0.6 is 0 Å². The molecule has 0 spiro atoms. The average Bonchev–Trinajstić information content (AvgIpc) is 2.87. The maximum atomic E-state index is 12.2. The lowest BCUT2D eigenvalue weighted by Crippen LogP contribution is -2.48. The Labute approximate surface area is 107 Å². The van der Waals surface area contributed by atoms with E-state index in [-0.39, 0.29) is 18.0 Å². The van der Waals surface area contributed by atoms with Gasteiger partial charge in [0.15, 0.2) is 0 Å². The average molecular weight is 255 g/mol. The van der Waals surface area contributed by atoms with Crippen molar-refractivity contribution in [2.45, 2.75) is 37.8 Å². The first-order valence-corrected chi connectivity index (χ1v) is 6.57. The zero-order valence-electron chi connectivity index (χ0n) is 10.8. The van der Waals surface area contributed by atoms with Crippen molar-refractivity contribution in [3.05, 3.63) is 0 Å². The second-order valence-corrected chi connectivity index (χ2v) is 4.91. The van der Waals surface area contributed by atoms with Gasteiger partial charge >= 0.3 is 6.09 Å². The molecule has 2 N–H and O–H groups in total. The van der Waals surface area contributed by atoms with Crippen molar-refractivity contribution in [1.82, 2.24) is 15.5 Å². The SMILES string of the molecule is COC(=O)NC1CCN(C(=O)C2CCCCN2)C1. The van der Waals surface area contributed by atoms with E-state index in [0.717, 1.165) is 32.2 Å². The van der Waals surface area contributed by atoms with Gasteiger partial charge in [-0.2, -0.15) is 0 Å². The van der Waals surface area contributed by atoms with Crippen LogP contribution in [0.4, 0.5) is 4.79 Å². The van der Waals surface area contributed by atoms with E-state index >= 15 is 0 Å². The van der Waals surface area contributed by atoms with Crippen LogP contribution in [0.2, 0.25) is 0 Å². The fraction of sp³-hybridized carbons (Fsp3) is 0.833. The van der Waals surface area contributed by atoms with E-state index in [1.807, 2.05) is 4.90 Å². The van der Waals surface area contributed by atoms with Crippen LogP contribution in [0.25, 0.3) is 0 Å². The summed E-state index contributed by atoms with van der Waals surface area (Å²) in [5.74, 6) is 0.170. The number of alkyl carbamates (subject to hydrolysis) is 1. The van der Waals surface area contributed by atoms with E-state index in [1.54, 1.807) is 0 Å². The number of carbonyl (C=O) groups is 2. The molecule has 2 aliphatic heterocycles. The van der Waals surface area contributed by atoms with Crippen molar-refractivity contribution in [1.29, 1.82) is 0 Å². The normalized spacial score (nSPS) is 27.9. The summed E-state index contributed by atoms with van der Waals surface area (Å²) in [7, 11) is 1.35. The Morgan fingerprint density at radius 1 is 1.33 bits per heavy atom. The summed E-state index contributed by atoms with van der Waals surface area (Å²) in [5, 5.41) is 6.00. The zero-order valence-corrected chi connectivity index (χ0v) is 10.8. The van der Waals surface area contributed by atoms with Crippen molar-refractivity contribution in [2.75, 3.05) is 26.7 Å². The predicted octanol–water partition coefficient (Wildman–Crippen LogP) is 0.0854. The van der Waals surface area contributed by atoms with E-state index in [2.05, 4.69) is 15.4 Å². The number of hydrogen-bond acceptors (Lipinski definition) is 4. The Bertz CT molecular complexity index is 316. The predicted molar refractivity (Wildman–Crippen MR) is 66.2 cm³/mol. The number of nitrogens with one attached hydrogen (secondary N) is 2. The van der Waals surface area contributed by atoms with Crippen LogP contribution in [0, 0.1) is 0 Å². The molecule has 0 aliphatic carbocycles. The third kappa shape index (κ3) is 3.13. The molecule has 0 aromatic carbocycles. The van der Waals surface area contributed by atoms with Gasteiger partial charge in [-0.15, -0.1) is 0 Å². The lowest BCUT2D eigenvalue weighted by Gasteiger charge is -2.27. The number of rotatable bonds is 2. The van der Waals surface area contributed by atoms with Crippen molar-refractivity contribution >= 4 is 12.0 Å². The Kier molecular flexibility index (Phi) is 4.41. The summed E-state index contributed by atoms with van der Waals surface area (Å²) in [5.41, 5.74) is 0. The molecule has 18 heavy (non-hydrogen) atoms. The van der Waals surface area contributed by atoms with Gasteiger partial charge in [0.2, 0.25) is 5.91 Å². The second-order valence-electron chi connectivity index (χ2n) is 4.91. The first-order chi connectivity index (χ1) is 8.70. The number of hydrogen-bond donors (Lipinski definition) is 2. The molecule has 2 heterocycles. The molecule has 0 aromatic rings. The summed E-state index contributed by atoms with van der Waals surface area (Å²) in [4.78, 5) is 25.2. The van der Waals surface area contributed by atoms with Crippen molar-refractivity contribution in [3.8, 4) is 0 Å². The molecule has 6 heteroatoms. The number of piperidine rings is 1. The van der Waals surface area contributed by atoms with Gasteiger partial charge in [-0.25, -0.2) is 4.79 Å². The third-order valence-electron chi connectivity index (χ3n) is 3.62. The van der Waals surface area contributed by atoms with Gasteiger partial charge in [-0.3, -0.25) is 4.79 Å². The third-order valence-corrected chi connectivity index (χ3v) is 3.62. The Morgan fingerprint density at radius 2 is 2.17 bits per heavy atom. The highest BCUT2D eigenvalue weighted by molar-refractivity contribution is 5.82. The monoisotopic (exact) mass is 255 g/mol. The number of nitrogens with zero attached hydrogens (tertiary/aromatic N) is 1. The quantitative estimate of drug-likeness (QED) is 0.733. The summed E-state index contributed by atoms with van der Waals surface area (Å²) in [6, 6.07) is -0.0133. The molecule has 0 bridgehead atoms. The summed E-state index contributed by atoms with van der Waals surface area (Å²) >= 11 is 0. The van der Waals surface area contributed by atoms with Crippen LogP contribution in [-0.4, -0.2) is 55.7 Å². The minimum Gasteiger partial charge on any atom is -0.453 e. The Hall–Kier alpha value is -1.30. The standard InChI is InChI=1S/C12H21N3O3/c1-18-12(17)14-9-5-7-15(8-9)11(16)10-4-2-3-6-13-10/h9-10,13H,2-8H2,1H3,(H,14,17). The van der Waals surface area contributed by atoms with Crippen molar-refractivity contribution in [3.63, 3.8) is 0 Å². The van der Waals surface area contributed by atoms with E-state index in [1.165, 1.54) is 7.11 Å². The molecule has 2 amide bonds. The highest BCUT2D eigenvalue weighted by Gasteiger charge is 2.32. The number of methoxy groups -OCH3 is 1. The van der Waals surface area contributed by atoms with Gasteiger partial charge in [0, 0.05) is 13.1 Å². The molecule has 0 saturated carbocycles. The molecule has 6 nitrogen and oxygen atoms in total. The van der Waals surface area contributed by atoms with Crippen LogP contribution in [-0.2, 0) is 9.53 Å². The molecule has 2 saturated heterocycles. The maximum absolute atomic E-state index is 12.2. The van der Waals surface area contributed by atoms with E-state index in [9.17, 15) is 9.59 Å². The molecule has 2 unspecified atom stereocenters. The van der Waals surface area contributed by atoms with Gasteiger partial charge in [0.05, 0.1) is 19.2 Å². The molecule has 2 rings (SSSR count). The van der Waals surface area contributed by atoms with E-state index < -0.39 is 6.09 Å². The smallest absolute Gasteiger partial charge is 0.407 e. The summed E-state index contributed by atoms with van der Waals surface area (Å²) in [6.45, 7) is 2.23. The van der Waals surface area contributed by atoms with Crippen LogP contribution in [0.1, 0.15) is 25.7 Å². The highest BCUT2D eigenvalue weighted by atomic mass is 16.5. The number of ether oxygens (including phenoxy) is 1. The molecule has 2 atom stereocenters. The Balaban J connectivity index is 1.80. The van der Waals surface area contributed by atoms with Crippen molar-refractivity contribution in [2.24, 2.45) is 0 Å². The molecule has 102 valence electrons. The van der Waals surface area contributed by atoms with Crippen LogP contribution < -0.4 is 10.6 Å². The number of amides is 2. The molecular formula is C12H21N3O3. The van der Waals surface area contributed by atoms with Gasteiger partial charge in [-0.05, 0) is 25.8 Å². The maximum Gasteiger partial charge on any atom is 0.407 e. The van der Waals surface area contributed by atoms with E-state index in [0.29, 0.717) is 13.1 Å². The molecular weight excluding hydrogens is 234 g/mol. The van der Waals surface area contributed by atoms with Gasteiger partial charge in [0.25, 0.3) is 0 Å². The van der Waals surface area contributed by atoms with Crippen LogP contribution in [0.5, 0.6) is 0 Å². The Morgan fingerprint density at radius 3 is 2.83 bits per heavy atom. The lowest BCUT2D eigenvalue weighted by atomic mass is 10.0. The first-order valence-electron chi connectivity index (χ1n) is 6.57. The van der Waals surface area contributed by atoms with Crippen molar-refractivity contribution < 1.29 is 14.3 Å². The largest absolute Gasteiger partial charge is 0.453 e. The van der Waals surface area contributed by atoms with Gasteiger partial charge in [0.1, 0.15) is 0 Å². The first kappa shape index (κ1) is 13.1. The lowest BCUT2D eigenvalue weighted by molar-refractivity contribution is -0.133. The molecule has 0 aromatic heterocycles. The highest BCUT2D eigenvalue weighted by Crippen LogP contribution is 2.15. The summed E-state index contributed by atoms with van der Waals surface area (Å²) in [6.07, 6.45) is 3.56. The minimum atomic E-state index is -0.426. The topological polar surface area (TPSA) is 70.7 Å². The molecule has 2 aliphatic rings. The van der Waals surface area contributed by atoms with Crippen LogP contribution in [0.15, 0.2) is 0 Å². The molecule has 0 radical (unpaired) electrons. The molecule has 2 fully saturated rings. The number of carbonyl (C=O) groups excluding carboxylic acids is 2. The van der Waals surface area contributed by atoms with Crippen LogP contribution in [0.3, 0.4) is 0 Å². The van der Waals surface area contributed by atoms with Gasteiger partial charge < -0.3 is 20.3 Å².